The molecule has 1 aliphatic heterocycles. The molecule has 3 rings (SSSR count). The van der Waals surface area contributed by atoms with Crippen LogP contribution in [0.1, 0.15) is 43.7 Å². The third-order valence-corrected chi connectivity index (χ3v) is 4.93. The number of amides is 1. The minimum atomic E-state index is 0.0951. The first kappa shape index (κ1) is 13.5. The van der Waals surface area contributed by atoms with Gasteiger partial charge in [0, 0.05) is 24.4 Å². The van der Waals surface area contributed by atoms with Gasteiger partial charge in [0.15, 0.2) is 0 Å². The van der Waals surface area contributed by atoms with Crippen LogP contribution in [0.2, 0.25) is 0 Å². The Kier molecular flexibility index (Phi) is 3.45. The number of hydrogen-bond donors (Lipinski definition) is 0. The van der Waals surface area contributed by atoms with Gasteiger partial charge in [0.05, 0.1) is 7.11 Å². The van der Waals surface area contributed by atoms with E-state index in [1.54, 1.807) is 7.11 Å². The SMILES string of the molecule is CCCN1C(=O)[C@@H](C)[C@H]2c3cccc(OC)c3CC[C@H]21. The Hall–Kier alpha value is -1.51. The number of ether oxygens (including phenoxy) is 1. The standard InChI is InChI=1S/C17H23NO2/c1-4-10-18-14-9-8-12-13(6-5-7-15(12)20-3)16(14)11(2)17(18)19/h5-7,11,14,16H,4,8-10H2,1-3H3/t11-,14+,16-/m0/s1. The number of fused-ring (bicyclic) bond motifs is 3. The Morgan fingerprint density at radius 3 is 2.90 bits per heavy atom. The van der Waals surface area contributed by atoms with Gasteiger partial charge in [-0.2, -0.15) is 0 Å². The van der Waals surface area contributed by atoms with Crippen molar-refractivity contribution in [1.82, 2.24) is 4.90 Å². The average Bonchev–Trinajstić information content (AvgIpc) is 2.72. The summed E-state index contributed by atoms with van der Waals surface area (Å²) in [5.41, 5.74) is 2.65. The summed E-state index contributed by atoms with van der Waals surface area (Å²) in [5.74, 6) is 1.75. The molecular weight excluding hydrogens is 250 g/mol. The average molecular weight is 273 g/mol. The molecule has 0 saturated carbocycles. The molecule has 3 nitrogen and oxygen atoms in total. The second kappa shape index (κ2) is 5.12. The van der Waals surface area contributed by atoms with Gasteiger partial charge in [-0.25, -0.2) is 0 Å². The van der Waals surface area contributed by atoms with E-state index in [-0.39, 0.29) is 5.92 Å². The summed E-state index contributed by atoms with van der Waals surface area (Å²) in [6.45, 7) is 5.12. The van der Waals surface area contributed by atoms with Gasteiger partial charge in [0.1, 0.15) is 5.75 Å². The van der Waals surface area contributed by atoms with E-state index in [9.17, 15) is 4.79 Å². The molecule has 0 aromatic heterocycles. The minimum absolute atomic E-state index is 0.0951. The zero-order valence-electron chi connectivity index (χ0n) is 12.6. The van der Waals surface area contributed by atoms with Crippen LogP contribution < -0.4 is 4.74 Å². The summed E-state index contributed by atoms with van der Waals surface area (Å²) in [5, 5.41) is 0. The van der Waals surface area contributed by atoms with Crippen molar-refractivity contribution in [2.45, 2.75) is 45.1 Å². The molecule has 3 heteroatoms. The molecule has 1 aliphatic carbocycles. The van der Waals surface area contributed by atoms with Crippen molar-refractivity contribution < 1.29 is 9.53 Å². The van der Waals surface area contributed by atoms with E-state index < -0.39 is 0 Å². The van der Waals surface area contributed by atoms with Crippen LogP contribution in [0.4, 0.5) is 0 Å². The van der Waals surface area contributed by atoms with Crippen LogP contribution in [0, 0.1) is 5.92 Å². The van der Waals surface area contributed by atoms with Gasteiger partial charge in [0.2, 0.25) is 5.91 Å². The maximum Gasteiger partial charge on any atom is 0.226 e. The molecule has 0 radical (unpaired) electrons. The fourth-order valence-electron chi connectivity index (χ4n) is 4.08. The van der Waals surface area contributed by atoms with Gasteiger partial charge < -0.3 is 9.64 Å². The van der Waals surface area contributed by atoms with E-state index in [2.05, 4.69) is 30.9 Å². The van der Waals surface area contributed by atoms with Crippen molar-refractivity contribution in [3.8, 4) is 5.75 Å². The first-order valence-electron chi connectivity index (χ1n) is 7.65. The molecule has 1 fully saturated rings. The Balaban J connectivity index is 2.03. The lowest BCUT2D eigenvalue weighted by atomic mass is 9.75. The third-order valence-electron chi connectivity index (χ3n) is 4.93. The summed E-state index contributed by atoms with van der Waals surface area (Å²) in [4.78, 5) is 14.6. The second-order valence-corrected chi connectivity index (χ2v) is 5.98. The van der Waals surface area contributed by atoms with Gasteiger partial charge in [-0.3, -0.25) is 4.79 Å². The molecule has 1 heterocycles. The summed E-state index contributed by atoms with van der Waals surface area (Å²) < 4.78 is 5.50. The highest BCUT2D eigenvalue weighted by atomic mass is 16.5. The van der Waals surface area contributed by atoms with Crippen molar-refractivity contribution in [3.63, 3.8) is 0 Å². The first-order valence-corrected chi connectivity index (χ1v) is 7.65. The van der Waals surface area contributed by atoms with Crippen LogP contribution in [0.15, 0.2) is 18.2 Å². The number of nitrogens with zero attached hydrogens (tertiary/aromatic N) is 1. The minimum Gasteiger partial charge on any atom is -0.496 e. The fourth-order valence-corrected chi connectivity index (χ4v) is 4.08. The predicted octanol–water partition coefficient (Wildman–Crippen LogP) is 2.98. The molecule has 108 valence electrons. The van der Waals surface area contributed by atoms with Gasteiger partial charge in [0.25, 0.3) is 0 Å². The predicted molar refractivity (Wildman–Crippen MR) is 79.0 cm³/mol. The number of benzene rings is 1. The molecule has 0 spiro atoms. The molecule has 2 aliphatic rings. The molecule has 1 saturated heterocycles. The van der Waals surface area contributed by atoms with Gasteiger partial charge in [-0.15, -0.1) is 0 Å². The zero-order chi connectivity index (χ0) is 14.3. The van der Waals surface area contributed by atoms with Gasteiger partial charge in [-0.1, -0.05) is 26.0 Å². The third kappa shape index (κ3) is 1.83. The quantitative estimate of drug-likeness (QED) is 0.847. The molecule has 1 aromatic carbocycles. The van der Waals surface area contributed by atoms with Crippen LogP contribution in [0.5, 0.6) is 5.75 Å². The molecule has 0 bridgehead atoms. The summed E-state index contributed by atoms with van der Waals surface area (Å²) in [7, 11) is 1.73. The number of carbonyl (C=O) groups excluding carboxylic acids is 1. The lowest BCUT2D eigenvalue weighted by molar-refractivity contribution is -0.131. The molecule has 0 N–H and O–H groups in total. The Bertz CT molecular complexity index is 526. The number of methoxy groups -OCH3 is 1. The smallest absolute Gasteiger partial charge is 0.226 e. The number of carbonyl (C=O) groups is 1. The lowest BCUT2D eigenvalue weighted by Crippen LogP contribution is -2.37. The fraction of sp³-hybridized carbons (Fsp3) is 0.588. The highest BCUT2D eigenvalue weighted by Crippen LogP contribution is 2.47. The van der Waals surface area contributed by atoms with Crippen molar-refractivity contribution in [2.24, 2.45) is 5.92 Å². The van der Waals surface area contributed by atoms with Crippen LogP contribution in [-0.4, -0.2) is 30.5 Å². The Labute approximate surface area is 120 Å². The van der Waals surface area contributed by atoms with E-state index in [4.69, 9.17) is 4.74 Å². The molecular formula is C17H23NO2. The van der Waals surface area contributed by atoms with E-state index in [0.29, 0.717) is 17.9 Å². The highest BCUT2D eigenvalue weighted by Gasteiger charge is 2.48. The van der Waals surface area contributed by atoms with Crippen LogP contribution >= 0.6 is 0 Å². The van der Waals surface area contributed by atoms with Gasteiger partial charge in [-0.05, 0) is 36.5 Å². The molecule has 1 amide bonds. The number of rotatable bonds is 3. The second-order valence-electron chi connectivity index (χ2n) is 5.98. The number of hydrogen-bond acceptors (Lipinski definition) is 2. The van der Waals surface area contributed by atoms with E-state index in [1.165, 1.54) is 11.1 Å². The zero-order valence-corrected chi connectivity index (χ0v) is 12.6. The van der Waals surface area contributed by atoms with Crippen molar-refractivity contribution >= 4 is 5.91 Å². The topological polar surface area (TPSA) is 29.5 Å². The van der Waals surface area contributed by atoms with Crippen molar-refractivity contribution in [1.29, 1.82) is 0 Å². The maximum absolute atomic E-state index is 12.5. The molecule has 3 atom stereocenters. The van der Waals surface area contributed by atoms with Crippen LogP contribution in [0.25, 0.3) is 0 Å². The van der Waals surface area contributed by atoms with E-state index in [1.807, 2.05) is 6.07 Å². The summed E-state index contributed by atoms with van der Waals surface area (Å²) >= 11 is 0. The van der Waals surface area contributed by atoms with E-state index >= 15 is 0 Å². The number of likely N-dealkylation sites (tertiary alicyclic amines) is 1. The maximum atomic E-state index is 12.5. The Morgan fingerprint density at radius 1 is 1.40 bits per heavy atom. The normalized spacial score (nSPS) is 28.2. The summed E-state index contributed by atoms with van der Waals surface area (Å²) in [6.07, 6.45) is 3.11. The molecule has 0 unspecified atom stereocenters. The molecule has 20 heavy (non-hydrogen) atoms. The van der Waals surface area contributed by atoms with Crippen molar-refractivity contribution in [2.75, 3.05) is 13.7 Å². The van der Waals surface area contributed by atoms with E-state index in [0.717, 1.165) is 31.6 Å². The van der Waals surface area contributed by atoms with Gasteiger partial charge >= 0.3 is 0 Å². The first-order chi connectivity index (χ1) is 9.69. The highest BCUT2D eigenvalue weighted by molar-refractivity contribution is 5.83. The largest absolute Gasteiger partial charge is 0.496 e. The monoisotopic (exact) mass is 273 g/mol. The summed E-state index contributed by atoms with van der Waals surface area (Å²) in [6, 6.07) is 6.66. The molecule has 1 aromatic rings. The Morgan fingerprint density at radius 2 is 2.20 bits per heavy atom. The lowest BCUT2D eigenvalue weighted by Gasteiger charge is -2.34. The van der Waals surface area contributed by atoms with Crippen molar-refractivity contribution in [3.05, 3.63) is 29.3 Å². The van der Waals surface area contributed by atoms with Crippen LogP contribution in [-0.2, 0) is 11.2 Å². The van der Waals surface area contributed by atoms with Crippen LogP contribution in [0.3, 0.4) is 0 Å².